The number of para-hydroxylation sites is 1. The number of nitrogens with zero attached hydrogens (tertiary/aromatic N) is 3. The second-order valence-corrected chi connectivity index (χ2v) is 5.70. The number of aromatic nitrogens is 2. The number of hydrogen-bond acceptors (Lipinski definition) is 3. The van der Waals surface area contributed by atoms with Crippen molar-refractivity contribution < 1.29 is 4.79 Å². The maximum absolute atomic E-state index is 12.7. The summed E-state index contributed by atoms with van der Waals surface area (Å²) in [6, 6.07) is 8.36. The van der Waals surface area contributed by atoms with Crippen LogP contribution in [-0.4, -0.2) is 58.1 Å². The van der Waals surface area contributed by atoms with Crippen LogP contribution in [0.2, 0.25) is 0 Å². The lowest BCUT2D eigenvalue weighted by molar-refractivity contribution is 0.0567. The standard InChI is InChI=1S/C15H18N4O/c20-15(14-12-5-1-2-6-13(12)16-17-14)19-9-8-18-7-3-4-11(18)10-19/h1-2,5-6,11H,3-4,7-10H2,(H,16,17). The number of rotatable bonds is 1. The van der Waals surface area contributed by atoms with Crippen molar-refractivity contribution in [2.45, 2.75) is 18.9 Å². The minimum absolute atomic E-state index is 0.0639. The minimum atomic E-state index is 0.0639. The number of carbonyl (C=O) groups excluding carboxylic acids is 1. The van der Waals surface area contributed by atoms with Crippen LogP contribution in [0.25, 0.3) is 10.9 Å². The Labute approximate surface area is 117 Å². The average molecular weight is 270 g/mol. The molecule has 1 atom stereocenters. The van der Waals surface area contributed by atoms with E-state index in [1.807, 2.05) is 29.2 Å². The molecule has 2 aliphatic rings. The third-order valence-electron chi connectivity index (χ3n) is 4.55. The largest absolute Gasteiger partial charge is 0.334 e. The molecule has 1 N–H and O–H groups in total. The van der Waals surface area contributed by atoms with Gasteiger partial charge in [-0.25, -0.2) is 0 Å². The zero-order chi connectivity index (χ0) is 13.5. The lowest BCUT2D eigenvalue weighted by Gasteiger charge is -2.37. The molecule has 1 aromatic carbocycles. The van der Waals surface area contributed by atoms with Crippen LogP contribution in [0.5, 0.6) is 0 Å². The van der Waals surface area contributed by atoms with Gasteiger partial charge in [-0.1, -0.05) is 18.2 Å². The summed E-state index contributed by atoms with van der Waals surface area (Å²) in [7, 11) is 0. The average Bonchev–Trinajstić information content (AvgIpc) is 3.12. The molecule has 20 heavy (non-hydrogen) atoms. The number of benzene rings is 1. The number of aromatic amines is 1. The van der Waals surface area contributed by atoms with E-state index in [9.17, 15) is 4.79 Å². The van der Waals surface area contributed by atoms with E-state index in [-0.39, 0.29) is 5.91 Å². The van der Waals surface area contributed by atoms with Crippen LogP contribution in [0.1, 0.15) is 23.3 Å². The molecule has 3 heterocycles. The summed E-state index contributed by atoms with van der Waals surface area (Å²) in [5.41, 5.74) is 1.49. The second-order valence-electron chi connectivity index (χ2n) is 5.70. The van der Waals surface area contributed by atoms with Crippen molar-refractivity contribution in [3.63, 3.8) is 0 Å². The lowest BCUT2D eigenvalue weighted by atomic mass is 10.1. The Hall–Kier alpha value is -1.88. The SMILES string of the molecule is O=C(c1n[nH]c2ccccc12)N1CCN2CCCC2C1. The highest BCUT2D eigenvalue weighted by molar-refractivity contribution is 6.04. The summed E-state index contributed by atoms with van der Waals surface area (Å²) in [4.78, 5) is 17.2. The molecule has 2 saturated heterocycles. The van der Waals surface area contributed by atoms with Gasteiger partial charge in [-0.05, 0) is 25.5 Å². The molecule has 0 bridgehead atoms. The molecule has 1 unspecified atom stereocenters. The molecule has 2 fully saturated rings. The molecular weight excluding hydrogens is 252 g/mol. The number of carbonyl (C=O) groups is 1. The molecule has 4 rings (SSSR count). The fourth-order valence-electron chi connectivity index (χ4n) is 3.45. The predicted molar refractivity (Wildman–Crippen MR) is 76.6 cm³/mol. The van der Waals surface area contributed by atoms with Crippen LogP contribution < -0.4 is 0 Å². The number of piperazine rings is 1. The Kier molecular flexibility index (Phi) is 2.73. The first kappa shape index (κ1) is 11.9. The molecule has 5 heteroatoms. The molecule has 104 valence electrons. The number of hydrogen-bond donors (Lipinski definition) is 1. The molecule has 0 aliphatic carbocycles. The zero-order valence-electron chi connectivity index (χ0n) is 11.4. The molecule has 0 saturated carbocycles. The van der Waals surface area contributed by atoms with Crippen LogP contribution in [0.15, 0.2) is 24.3 Å². The molecule has 0 radical (unpaired) electrons. The summed E-state index contributed by atoms with van der Waals surface area (Å²) < 4.78 is 0. The molecule has 0 spiro atoms. The van der Waals surface area contributed by atoms with Gasteiger partial charge in [0.1, 0.15) is 0 Å². The molecule has 2 aliphatic heterocycles. The Balaban J connectivity index is 1.61. The fraction of sp³-hybridized carbons (Fsp3) is 0.467. The summed E-state index contributed by atoms with van der Waals surface area (Å²) in [5.74, 6) is 0.0639. The second kappa shape index (κ2) is 4.59. The summed E-state index contributed by atoms with van der Waals surface area (Å²) >= 11 is 0. The monoisotopic (exact) mass is 270 g/mol. The number of nitrogens with one attached hydrogen (secondary N) is 1. The van der Waals surface area contributed by atoms with E-state index < -0.39 is 0 Å². The minimum Gasteiger partial charge on any atom is -0.334 e. The summed E-state index contributed by atoms with van der Waals surface area (Å²) in [5, 5.41) is 8.10. The van der Waals surface area contributed by atoms with Gasteiger partial charge < -0.3 is 4.90 Å². The van der Waals surface area contributed by atoms with E-state index in [0.29, 0.717) is 11.7 Å². The highest BCUT2D eigenvalue weighted by atomic mass is 16.2. The van der Waals surface area contributed by atoms with Crippen molar-refractivity contribution in [2.24, 2.45) is 0 Å². The van der Waals surface area contributed by atoms with Crippen molar-refractivity contribution in [1.29, 1.82) is 0 Å². The van der Waals surface area contributed by atoms with Crippen molar-refractivity contribution in [3.05, 3.63) is 30.0 Å². The van der Waals surface area contributed by atoms with E-state index in [1.54, 1.807) is 0 Å². The molecule has 5 nitrogen and oxygen atoms in total. The Morgan fingerprint density at radius 1 is 1.25 bits per heavy atom. The van der Waals surface area contributed by atoms with E-state index in [1.165, 1.54) is 19.4 Å². The zero-order valence-corrected chi connectivity index (χ0v) is 11.4. The van der Waals surface area contributed by atoms with E-state index in [0.717, 1.165) is 30.5 Å². The highest BCUT2D eigenvalue weighted by Gasteiger charge is 2.33. The van der Waals surface area contributed by atoms with Gasteiger partial charge in [0.05, 0.1) is 5.52 Å². The fourth-order valence-corrected chi connectivity index (χ4v) is 3.45. The van der Waals surface area contributed by atoms with Crippen LogP contribution in [-0.2, 0) is 0 Å². The first-order valence-electron chi connectivity index (χ1n) is 7.29. The quantitative estimate of drug-likeness (QED) is 0.854. The molecule has 1 amide bonds. The normalized spacial score (nSPS) is 23.2. The maximum Gasteiger partial charge on any atom is 0.275 e. The van der Waals surface area contributed by atoms with Crippen molar-refractivity contribution in [1.82, 2.24) is 20.0 Å². The van der Waals surface area contributed by atoms with Gasteiger partial charge in [-0.2, -0.15) is 5.10 Å². The van der Waals surface area contributed by atoms with Gasteiger partial charge in [-0.15, -0.1) is 0 Å². The molecule has 1 aromatic heterocycles. The van der Waals surface area contributed by atoms with Gasteiger partial charge in [0.15, 0.2) is 5.69 Å². The third-order valence-corrected chi connectivity index (χ3v) is 4.55. The number of fused-ring (bicyclic) bond motifs is 2. The van der Waals surface area contributed by atoms with Crippen LogP contribution in [0.3, 0.4) is 0 Å². The summed E-state index contributed by atoms with van der Waals surface area (Å²) in [6.07, 6.45) is 2.48. The number of H-pyrrole nitrogens is 1. The van der Waals surface area contributed by atoms with E-state index in [2.05, 4.69) is 15.1 Å². The number of amides is 1. The smallest absolute Gasteiger partial charge is 0.275 e. The Bertz CT molecular complexity index is 650. The van der Waals surface area contributed by atoms with Crippen LogP contribution in [0.4, 0.5) is 0 Å². The van der Waals surface area contributed by atoms with Crippen LogP contribution >= 0.6 is 0 Å². The van der Waals surface area contributed by atoms with Gasteiger partial charge in [0.2, 0.25) is 0 Å². The highest BCUT2D eigenvalue weighted by Crippen LogP contribution is 2.23. The van der Waals surface area contributed by atoms with Crippen molar-refractivity contribution in [2.75, 3.05) is 26.2 Å². The van der Waals surface area contributed by atoms with Gasteiger partial charge >= 0.3 is 0 Å². The van der Waals surface area contributed by atoms with Gasteiger partial charge in [-0.3, -0.25) is 14.8 Å². The molecule has 2 aromatic rings. The summed E-state index contributed by atoms with van der Waals surface area (Å²) in [6.45, 7) is 3.85. The van der Waals surface area contributed by atoms with Crippen LogP contribution in [0, 0.1) is 0 Å². The lowest BCUT2D eigenvalue weighted by Crippen LogP contribution is -2.52. The Morgan fingerprint density at radius 3 is 3.10 bits per heavy atom. The first-order valence-corrected chi connectivity index (χ1v) is 7.29. The molecular formula is C15H18N4O. The third kappa shape index (κ3) is 1.81. The van der Waals surface area contributed by atoms with Gasteiger partial charge in [0, 0.05) is 31.1 Å². The Morgan fingerprint density at radius 2 is 2.15 bits per heavy atom. The first-order chi connectivity index (χ1) is 9.83. The predicted octanol–water partition coefficient (Wildman–Crippen LogP) is 1.48. The van der Waals surface area contributed by atoms with Gasteiger partial charge in [0.25, 0.3) is 5.91 Å². The van der Waals surface area contributed by atoms with Crippen molar-refractivity contribution >= 4 is 16.8 Å². The van der Waals surface area contributed by atoms with Crippen molar-refractivity contribution in [3.8, 4) is 0 Å². The topological polar surface area (TPSA) is 52.2 Å². The van der Waals surface area contributed by atoms with E-state index >= 15 is 0 Å². The maximum atomic E-state index is 12.7. The van der Waals surface area contributed by atoms with E-state index in [4.69, 9.17) is 0 Å².